The van der Waals surface area contributed by atoms with Crippen molar-refractivity contribution in [3.63, 3.8) is 0 Å². The van der Waals surface area contributed by atoms with Gasteiger partial charge >= 0.3 is 0 Å². The first-order valence-electron chi connectivity index (χ1n) is 7.24. The summed E-state index contributed by atoms with van der Waals surface area (Å²) in [6.45, 7) is 1.55. The minimum absolute atomic E-state index is 0.132. The SMILES string of the molecule is CC(NC(=O)c1cc(=O)c2ccccc2o1)c1ccc(F)cc1F. The summed E-state index contributed by atoms with van der Waals surface area (Å²) in [6.07, 6.45) is 0. The number of carbonyl (C=O) groups is 1. The number of hydrogen-bond acceptors (Lipinski definition) is 3. The fraction of sp³-hybridized carbons (Fsp3) is 0.111. The second kappa shape index (κ2) is 6.23. The summed E-state index contributed by atoms with van der Waals surface area (Å²) in [5.74, 6) is -2.29. The van der Waals surface area contributed by atoms with E-state index in [0.717, 1.165) is 18.2 Å². The molecule has 4 nitrogen and oxygen atoms in total. The summed E-state index contributed by atoms with van der Waals surface area (Å²) >= 11 is 0. The van der Waals surface area contributed by atoms with Crippen LogP contribution >= 0.6 is 0 Å². The van der Waals surface area contributed by atoms with Crippen molar-refractivity contribution in [1.29, 1.82) is 0 Å². The molecule has 122 valence electrons. The maximum Gasteiger partial charge on any atom is 0.287 e. The van der Waals surface area contributed by atoms with Gasteiger partial charge in [0.15, 0.2) is 11.2 Å². The molecule has 0 aliphatic heterocycles. The molecular weight excluding hydrogens is 316 g/mol. The van der Waals surface area contributed by atoms with E-state index in [1.165, 1.54) is 6.07 Å². The van der Waals surface area contributed by atoms with E-state index in [2.05, 4.69) is 5.32 Å². The normalized spacial score (nSPS) is 12.1. The highest BCUT2D eigenvalue weighted by molar-refractivity contribution is 5.93. The zero-order chi connectivity index (χ0) is 17.3. The fourth-order valence-corrected chi connectivity index (χ4v) is 2.41. The van der Waals surface area contributed by atoms with Crippen LogP contribution in [0, 0.1) is 11.6 Å². The Bertz CT molecular complexity index is 981. The molecule has 0 saturated carbocycles. The van der Waals surface area contributed by atoms with Gasteiger partial charge in [0.2, 0.25) is 0 Å². The zero-order valence-electron chi connectivity index (χ0n) is 12.7. The third-order valence-corrected chi connectivity index (χ3v) is 3.64. The lowest BCUT2D eigenvalue weighted by molar-refractivity contribution is 0.0912. The lowest BCUT2D eigenvalue weighted by atomic mass is 10.1. The predicted molar refractivity (Wildman–Crippen MR) is 84.7 cm³/mol. The molecule has 24 heavy (non-hydrogen) atoms. The molecule has 0 bridgehead atoms. The number of carbonyl (C=O) groups excluding carboxylic acids is 1. The van der Waals surface area contributed by atoms with Crippen molar-refractivity contribution in [2.45, 2.75) is 13.0 Å². The molecule has 1 aromatic heterocycles. The predicted octanol–water partition coefficient (Wildman–Crippen LogP) is 3.56. The van der Waals surface area contributed by atoms with Gasteiger partial charge < -0.3 is 9.73 Å². The Kier molecular flexibility index (Phi) is 4.12. The molecule has 3 aromatic rings. The van der Waals surface area contributed by atoms with Crippen LogP contribution in [-0.2, 0) is 0 Å². The summed E-state index contributed by atoms with van der Waals surface area (Å²) in [4.78, 5) is 24.3. The Morgan fingerprint density at radius 1 is 1.12 bits per heavy atom. The first kappa shape index (κ1) is 15.9. The number of amides is 1. The van der Waals surface area contributed by atoms with Gasteiger partial charge in [-0.25, -0.2) is 8.78 Å². The zero-order valence-corrected chi connectivity index (χ0v) is 12.7. The van der Waals surface area contributed by atoms with Crippen LogP contribution in [0.3, 0.4) is 0 Å². The monoisotopic (exact) mass is 329 g/mol. The molecule has 0 aliphatic carbocycles. The van der Waals surface area contributed by atoms with E-state index >= 15 is 0 Å². The highest BCUT2D eigenvalue weighted by atomic mass is 19.1. The van der Waals surface area contributed by atoms with Crippen LogP contribution in [0.4, 0.5) is 8.78 Å². The van der Waals surface area contributed by atoms with Crippen LogP contribution in [0.1, 0.15) is 29.1 Å². The lowest BCUT2D eigenvalue weighted by Gasteiger charge is -2.14. The maximum atomic E-state index is 13.8. The average molecular weight is 329 g/mol. The quantitative estimate of drug-likeness (QED) is 0.799. The molecule has 0 spiro atoms. The van der Waals surface area contributed by atoms with Crippen LogP contribution in [0.5, 0.6) is 0 Å². The van der Waals surface area contributed by atoms with E-state index in [4.69, 9.17) is 4.42 Å². The summed E-state index contributed by atoms with van der Waals surface area (Å²) in [5.41, 5.74) is 0.0752. The van der Waals surface area contributed by atoms with Crippen molar-refractivity contribution < 1.29 is 18.0 Å². The minimum Gasteiger partial charge on any atom is -0.451 e. The molecule has 6 heteroatoms. The van der Waals surface area contributed by atoms with Gasteiger partial charge in [-0.15, -0.1) is 0 Å². The number of benzene rings is 2. The van der Waals surface area contributed by atoms with Crippen LogP contribution < -0.4 is 10.7 Å². The summed E-state index contributed by atoms with van der Waals surface area (Å²) in [6, 6.07) is 10.0. The van der Waals surface area contributed by atoms with E-state index in [0.29, 0.717) is 5.39 Å². The molecule has 1 atom stereocenters. The molecule has 0 saturated heterocycles. The molecule has 1 N–H and O–H groups in total. The standard InChI is InChI=1S/C18H13F2NO3/c1-10(12-7-6-11(19)8-14(12)20)21-18(23)17-9-15(22)13-4-2-3-5-16(13)24-17/h2-10H,1H3,(H,21,23). The van der Waals surface area contributed by atoms with Crippen LogP contribution in [0.25, 0.3) is 11.0 Å². The second-order valence-corrected chi connectivity index (χ2v) is 5.33. The van der Waals surface area contributed by atoms with Gasteiger partial charge in [-0.2, -0.15) is 0 Å². The highest BCUT2D eigenvalue weighted by Crippen LogP contribution is 2.19. The van der Waals surface area contributed by atoms with Crippen molar-refractivity contribution in [3.05, 3.63) is 81.7 Å². The second-order valence-electron chi connectivity index (χ2n) is 5.33. The smallest absolute Gasteiger partial charge is 0.287 e. The van der Waals surface area contributed by atoms with Crippen LogP contribution in [0.2, 0.25) is 0 Å². The molecule has 0 fully saturated rings. The van der Waals surface area contributed by atoms with E-state index in [-0.39, 0.29) is 22.3 Å². The van der Waals surface area contributed by atoms with E-state index in [1.54, 1.807) is 31.2 Å². The highest BCUT2D eigenvalue weighted by Gasteiger charge is 2.18. The number of nitrogens with one attached hydrogen (secondary N) is 1. The molecule has 1 heterocycles. The maximum absolute atomic E-state index is 13.8. The Hall–Kier alpha value is -3.02. The Morgan fingerprint density at radius 3 is 2.62 bits per heavy atom. The molecule has 0 radical (unpaired) electrons. The number of halogens is 2. The van der Waals surface area contributed by atoms with Gasteiger partial charge in [0.1, 0.15) is 17.2 Å². The fourth-order valence-electron chi connectivity index (χ4n) is 2.41. The van der Waals surface area contributed by atoms with Crippen LogP contribution in [-0.4, -0.2) is 5.91 Å². The number of rotatable bonds is 3. The van der Waals surface area contributed by atoms with E-state index < -0.39 is 23.6 Å². The first-order valence-corrected chi connectivity index (χ1v) is 7.24. The van der Waals surface area contributed by atoms with Gasteiger partial charge in [-0.05, 0) is 25.1 Å². The summed E-state index contributed by atoms with van der Waals surface area (Å²) in [5, 5.41) is 2.90. The Balaban J connectivity index is 1.88. The van der Waals surface area contributed by atoms with Crippen molar-refractivity contribution in [2.24, 2.45) is 0 Å². The molecule has 0 aliphatic rings. The average Bonchev–Trinajstić information content (AvgIpc) is 2.54. The largest absolute Gasteiger partial charge is 0.451 e. The number of hydrogen-bond donors (Lipinski definition) is 1. The van der Waals surface area contributed by atoms with Gasteiger partial charge in [0, 0.05) is 17.7 Å². The molecule has 2 aromatic carbocycles. The molecule has 3 rings (SSSR count). The topological polar surface area (TPSA) is 59.3 Å². The third-order valence-electron chi connectivity index (χ3n) is 3.64. The van der Waals surface area contributed by atoms with E-state index in [9.17, 15) is 18.4 Å². The van der Waals surface area contributed by atoms with Crippen molar-refractivity contribution in [1.82, 2.24) is 5.32 Å². The van der Waals surface area contributed by atoms with Gasteiger partial charge in [0.25, 0.3) is 5.91 Å². The molecule has 1 amide bonds. The third kappa shape index (κ3) is 3.03. The van der Waals surface area contributed by atoms with Gasteiger partial charge in [0.05, 0.1) is 11.4 Å². The molecular formula is C18H13F2NO3. The summed E-state index contributed by atoms with van der Waals surface area (Å²) < 4.78 is 32.1. The van der Waals surface area contributed by atoms with Crippen LogP contribution in [0.15, 0.2) is 57.7 Å². The Labute approximate surface area is 135 Å². The summed E-state index contributed by atoms with van der Waals surface area (Å²) in [7, 11) is 0. The van der Waals surface area contributed by atoms with Gasteiger partial charge in [-0.1, -0.05) is 18.2 Å². The van der Waals surface area contributed by atoms with Crippen molar-refractivity contribution in [2.75, 3.05) is 0 Å². The Morgan fingerprint density at radius 2 is 1.88 bits per heavy atom. The molecule has 1 unspecified atom stereocenters. The number of fused-ring (bicyclic) bond motifs is 1. The van der Waals surface area contributed by atoms with E-state index in [1.807, 2.05) is 0 Å². The van der Waals surface area contributed by atoms with Gasteiger partial charge in [-0.3, -0.25) is 9.59 Å². The minimum atomic E-state index is -0.761. The first-order chi connectivity index (χ1) is 11.5. The number of para-hydroxylation sites is 1. The van der Waals surface area contributed by atoms with Crippen molar-refractivity contribution in [3.8, 4) is 0 Å². The van der Waals surface area contributed by atoms with Crippen molar-refractivity contribution >= 4 is 16.9 Å². The lowest BCUT2D eigenvalue weighted by Crippen LogP contribution is -2.28.